The van der Waals surface area contributed by atoms with E-state index in [-0.39, 0.29) is 5.91 Å². The molecule has 0 spiro atoms. The molecule has 0 fully saturated rings. The second-order valence-corrected chi connectivity index (χ2v) is 6.23. The minimum Gasteiger partial charge on any atom is -0.493 e. The Kier molecular flexibility index (Phi) is 5.38. The SMILES string of the molecule is COc1cc(/C=C/C(=O)NCCc2cccs2)cc2c1OCCO2. The summed E-state index contributed by atoms with van der Waals surface area (Å²) in [5, 5.41) is 4.91. The first kappa shape index (κ1) is 16.4. The number of hydrogen-bond donors (Lipinski definition) is 1. The van der Waals surface area contributed by atoms with Crippen molar-refractivity contribution in [3.05, 3.63) is 46.2 Å². The van der Waals surface area contributed by atoms with Crippen molar-refractivity contribution in [3.63, 3.8) is 0 Å². The normalized spacial score (nSPS) is 13.0. The fourth-order valence-corrected chi connectivity index (χ4v) is 3.09. The Bertz CT molecular complexity index is 708. The zero-order valence-electron chi connectivity index (χ0n) is 13.4. The zero-order valence-corrected chi connectivity index (χ0v) is 14.2. The van der Waals surface area contributed by atoms with Crippen LogP contribution in [0.4, 0.5) is 0 Å². The summed E-state index contributed by atoms with van der Waals surface area (Å²) in [7, 11) is 1.58. The third-order valence-electron chi connectivity index (χ3n) is 3.53. The Balaban J connectivity index is 1.60. The van der Waals surface area contributed by atoms with Crippen LogP contribution in [-0.4, -0.2) is 32.8 Å². The monoisotopic (exact) mass is 345 g/mol. The van der Waals surface area contributed by atoms with Crippen LogP contribution >= 0.6 is 11.3 Å². The van der Waals surface area contributed by atoms with Crippen LogP contribution < -0.4 is 19.5 Å². The summed E-state index contributed by atoms with van der Waals surface area (Å²) in [4.78, 5) is 13.2. The Hall–Kier alpha value is -2.47. The number of carbonyl (C=O) groups is 1. The van der Waals surface area contributed by atoms with Gasteiger partial charge in [-0.2, -0.15) is 0 Å². The number of carbonyl (C=O) groups excluding carboxylic acids is 1. The van der Waals surface area contributed by atoms with Crippen LogP contribution in [0.15, 0.2) is 35.7 Å². The average Bonchev–Trinajstić information content (AvgIpc) is 3.12. The molecular formula is C18H19NO4S. The Morgan fingerprint density at radius 3 is 3.04 bits per heavy atom. The molecule has 1 aromatic heterocycles. The van der Waals surface area contributed by atoms with E-state index >= 15 is 0 Å². The van der Waals surface area contributed by atoms with Crippen molar-refractivity contribution in [1.29, 1.82) is 0 Å². The number of thiophene rings is 1. The van der Waals surface area contributed by atoms with E-state index in [0.717, 1.165) is 12.0 Å². The zero-order chi connectivity index (χ0) is 16.8. The van der Waals surface area contributed by atoms with Crippen molar-refractivity contribution in [3.8, 4) is 17.2 Å². The van der Waals surface area contributed by atoms with Crippen molar-refractivity contribution >= 4 is 23.3 Å². The highest BCUT2D eigenvalue weighted by Crippen LogP contribution is 2.40. The van der Waals surface area contributed by atoms with Gasteiger partial charge in [0, 0.05) is 17.5 Å². The summed E-state index contributed by atoms with van der Waals surface area (Å²) in [5.41, 5.74) is 0.824. The lowest BCUT2D eigenvalue weighted by molar-refractivity contribution is -0.116. The molecule has 24 heavy (non-hydrogen) atoms. The number of benzene rings is 1. The van der Waals surface area contributed by atoms with E-state index in [1.807, 2.05) is 23.6 Å². The standard InChI is InChI=1S/C18H19NO4S/c1-21-15-11-13(12-16-18(15)23-9-8-22-16)4-5-17(20)19-7-6-14-3-2-10-24-14/h2-5,10-12H,6-9H2,1H3,(H,19,20)/b5-4+. The van der Waals surface area contributed by atoms with Crippen molar-refractivity contribution < 1.29 is 19.0 Å². The summed E-state index contributed by atoms with van der Waals surface area (Å²) in [6.07, 6.45) is 4.09. The van der Waals surface area contributed by atoms with E-state index in [0.29, 0.717) is 37.0 Å². The maximum absolute atomic E-state index is 11.9. The van der Waals surface area contributed by atoms with Crippen molar-refractivity contribution in [2.75, 3.05) is 26.9 Å². The third-order valence-corrected chi connectivity index (χ3v) is 4.46. The molecule has 1 N–H and O–H groups in total. The van der Waals surface area contributed by atoms with Gasteiger partial charge in [-0.3, -0.25) is 4.79 Å². The first-order chi connectivity index (χ1) is 11.8. The van der Waals surface area contributed by atoms with E-state index in [4.69, 9.17) is 14.2 Å². The minimum atomic E-state index is -0.125. The molecule has 126 valence electrons. The van der Waals surface area contributed by atoms with E-state index < -0.39 is 0 Å². The van der Waals surface area contributed by atoms with Crippen LogP contribution in [0.3, 0.4) is 0 Å². The van der Waals surface area contributed by atoms with Gasteiger partial charge in [0.2, 0.25) is 11.7 Å². The van der Waals surface area contributed by atoms with Crippen LogP contribution in [0.1, 0.15) is 10.4 Å². The number of rotatable bonds is 6. The predicted molar refractivity (Wildman–Crippen MR) is 94.1 cm³/mol. The van der Waals surface area contributed by atoms with Gasteiger partial charge < -0.3 is 19.5 Å². The van der Waals surface area contributed by atoms with Gasteiger partial charge in [-0.25, -0.2) is 0 Å². The molecule has 0 unspecified atom stereocenters. The molecule has 1 aromatic carbocycles. The predicted octanol–water partition coefficient (Wildman–Crippen LogP) is 2.90. The molecule has 3 rings (SSSR count). The first-order valence-electron chi connectivity index (χ1n) is 7.72. The molecule has 6 heteroatoms. The quantitative estimate of drug-likeness (QED) is 0.818. The molecule has 2 aromatic rings. The maximum atomic E-state index is 11.9. The van der Waals surface area contributed by atoms with E-state index in [1.54, 1.807) is 24.5 Å². The van der Waals surface area contributed by atoms with E-state index in [2.05, 4.69) is 11.4 Å². The van der Waals surface area contributed by atoms with Gasteiger partial charge in [0.05, 0.1) is 7.11 Å². The molecule has 1 aliphatic heterocycles. The summed E-state index contributed by atoms with van der Waals surface area (Å²) >= 11 is 1.69. The number of amides is 1. The first-order valence-corrected chi connectivity index (χ1v) is 8.60. The van der Waals surface area contributed by atoms with Crippen LogP contribution in [0.5, 0.6) is 17.2 Å². The van der Waals surface area contributed by atoms with Gasteiger partial charge in [0.25, 0.3) is 0 Å². The van der Waals surface area contributed by atoms with Crippen LogP contribution in [0.25, 0.3) is 6.08 Å². The fraction of sp³-hybridized carbons (Fsp3) is 0.278. The third kappa shape index (κ3) is 4.08. The van der Waals surface area contributed by atoms with Crippen LogP contribution in [0.2, 0.25) is 0 Å². The molecule has 0 atom stereocenters. The lowest BCUT2D eigenvalue weighted by Crippen LogP contribution is -2.23. The second kappa shape index (κ2) is 7.88. The average molecular weight is 345 g/mol. The highest BCUT2D eigenvalue weighted by molar-refractivity contribution is 7.09. The molecular weight excluding hydrogens is 326 g/mol. The highest BCUT2D eigenvalue weighted by atomic mass is 32.1. The Morgan fingerprint density at radius 2 is 2.25 bits per heavy atom. The molecule has 1 amide bonds. The van der Waals surface area contributed by atoms with Gasteiger partial charge in [0.15, 0.2) is 11.5 Å². The summed E-state index contributed by atoms with van der Waals surface area (Å²) in [6.45, 7) is 1.63. The fourth-order valence-electron chi connectivity index (χ4n) is 2.38. The largest absolute Gasteiger partial charge is 0.493 e. The lowest BCUT2D eigenvalue weighted by atomic mass is 10.1. The van der Waals surface area contributed by atoms with Crippen LogP contribution in [0, 0.1) is 0 Å². The molecule has 0 bridgehead atoms. The summed E-state index contributed by atoms with van der Waals surface area (Å²) in [6, 6.07) is 7.74. The van der Waals surface area contributed by atoms with Gasteiger partial charge in [-0.05, 0) is 41.6 Å². The molecule has 0 saturated carbocycles. The van der Waals surface area contributed by atoms with Crippen LogP contribution in [-0.2, 0) is 11.2 Å². The molecule has 0 radical (unpaired) electrons. The second-order valence-electron chi connectivity index (χ2n) is 5.20. The molecule has 2 heterocycles. The van der Waals surface area contributed by atoms with E-state index in [1.165, 1.54) is 11.0 Å². The number of nitrogens with one attached hydrogen (secondary N) is 1. The van der Waals surface area contributed by atoms with E-state index in [9.17, 15) is 4.79 Å². The minimum absolute atomic E-state index is 0.125. The molecule has 0 saturated heterocycles. The van der Waals surface area contributed by atoms with Crippen molar-refractivity contribution in [2.45, 2.75) is 6.42 Å². The maximum Gasteiger partial charge on any atom is 0.244 e. The Labute approximate surface area is 144 Å². The molecule has 0 aliphatic carbocycles. The smallest absolute Gasteiger partial charge is 0.244 e. The van der Waals surface area contributed by atoms with Gasteiger partial charge in [0.1, 0.15) is 13.2 Å². The van der Waals surface area contributed by atoms with Gasteiger partial charge in [-0.1, -0.05) is 6.07 Å². The number of hydrogen-bond acceptors (Lipinski definition) is 5. The molecule has 1 aliphatic rings. The summed E-state index contributed by atoms with van der Waals surface area (Å²) in [5.74, 6) is 1.73. The number of methoxy groups -OCH3 is 1. The lowest BCUT2D eigenvalue weighted by Gasteiger charge is -2.20. The molecule has 5 nitrogen and oxygen atoms in total. The Morgan fingerprint density at radius 1 is 1.38 bits per heavy atom. The summed E-state index contributed by atoms with van der Waals surface area (Å²) < 4.78 is 16.5. The van der Waals surface area contributed by atoms with Crippen molar-refractivity contribution in [1.82, 2.24) is 5.32 Å². The highest BCUT2D eigenvalue weighted by Gasteiger charge is 2.17. The number of ether oxygens (including phenoxy) is 3. The number of fused-ring (bicyclic) bond motifs is 1. The topological polar surface area (TPSA) is 56.8 Å². The van der Waals surface area contributed by atoms with Gasteiger partial charge in [-0.15, -0.1) is 11.3 Å². The van der Waals surface area contributed by atoms with Gasteiger partial charge >= 0.3 is 0 Å². The van der Waals surface area contributed by atoms with Crippen molar-refractivity contribution in [2.24, 2.45) is 0 Å².